The molecule has 4 heteroatoms. The smallest absolute Gasteiger partial charge is 0.101 e. The zero-order valence-electron chi connectivity index (χ0n) is 23.7. The van der Waals surface area contributed by atoms with Crippen LogP contribution < -0.4 is 5.32 Å². The quantitative estimate of drug-likeness (QED) is 0.218. The molecule has 6 aromatic carbocycles. The van der Waals surface area contributed by atoms with Crippen LogP contribution in [0.5, 0.6) is 0 Å². The predicted octanol–water partition coefficient (Wildman–Crippen LogP) is 9.25. The van der Waals surface area contributed by atoms with E-state index in [9.17, 15) is 10.5 Å². The Hall–Kier alpha value is -6.23. The molecule has 0 amide bonds. The topological polar surface area (TPSA) is 72.5 Å². The molecule has 1 aromatic heterocycles. The molecule has 44 heavy (non-hydrogen) atoms. The summed E-state index contributed by atoms with van der Waals surface area (Å²) in [6.07, 6.45) is 7.33. The second kappa shape index (κ2) is 10.2. The Labute approximate surface area is 254 Å². The highest BCUT2D eigenvalue weighted by atomic mass is 14.8. The third kappa shape index (κ3) is 4.34. The van der Waals surface area contributed by atoms with E-state index >= 15 is 0 Å². The van der Waals surface area contributed by atoms with Gasteiger partial charge in [0, 0.05) is 36.3 Å². The number of hydrogen-bond acceptors (Lipinski definition) is 4. The van der Waals surface area contributed by atoms with Crippen LogP contribution in [0.3, 0.4) is 0 Å². The van der Waals surface area contributed by atoms with Gasteiger partial charge in [0.15, 0.2) is 0 Å². The van der Waals surface area contributed by atoms with E-state index < -0.39 is 0 Å². The molecule has 0 saturated heterocycles. The summed E-state index contributed by atoms with van der Waals surface area (Å²) in [5, 5.41) is 29.3. The summed E-state index contributed by atoms with van der Waals surface area (Å²) in [6, 6.07) is 41.3. The molecule has 7 aromatic rings. The summed E-state index contributed by atoms with van der Waals surface area (Å²) in [5.41, 5.74) is 9.93. The van der Waals surface area contributed by atoms with Crippen molar-refractivity contribution >= 4 is 37.9 Å². The summed E-state index contributed by atoms with van der Waals surface area (Å²) in [7, 11) is 0. The van der Waals surface area contributed by atoms with E-state index in [2.05, 4.69) is 120 Å². The molecule has 2 heterocycles. The molecule has 0 radical (unpaired) electrons. The molecule has 0 unspecified atom stereocenters. The van der Waals surface area contributed by atoms with Crippen molar-refractivity contribution < 1.29 is 0 Å². The lowest BCUT2D eigenvalue weighted by Crippen LogP contribution is -2.13. The molecule has 0 spiro atoms. The minimum Gasteiger partial charge on any atom is -0.386 e. The number of pyridine rings is 1. The molecule has 1 aliphatic heterocycles. The number of nitrogens with zero attached hydrogens (tertiary/aromatic N) is 3. The van der Waals surface area contributed by atoms with Crippen molar-refractivity contribution in [2.24, 2.45) is 0 Å². The Kier molecular flexibility index (Phi) is 5.93. The highest BCUT2D eigenvalue weighted by Gasteiger charge is 2.14. The largest absolute Gasteiger partial charge is 0.386 e. The van der Waals surface area contributed by atoms with Crippen molar-refractivity contribution in [2.75, 3.05) is 6.54 Å². The van der Waals surface area contributed by atoms with Gasteiger partial charge in [0.05, 0.1) is 11.6 Å². The minimum absolute atomic E-state index is 0.553. The van der Waals surface area contributed by atoms with Crippen LogP contribution in [0.25, 0.3) is 71.3 Å². The fourth-order valence-electron chi connectivity index (χ4n) is 6.38. The van der Waals surface area contributed by atoms with Gasteiger partial charge in [-0.05, 0) is 120 Å². The third-order valence-corrected chi connectivity index (χ3v) is 8.48. The average Bonchev–Trinajstić information content (AvgIpc) is 3.10. The monoisotopic (exact) mass is 560 g/mol. The lowest BCUT2D eigenvalue weighted by Gasteiger charge is -2.16. The maximum atomic E-state index is 9.37. The molecule has 1 N–H and O–H groups in total. The van der Waals surface area contributed by atoms with Crippen molar-refractivity contribution in [3.05, 3.63) is 144 Å². The van der Waals surface area contributed by atoms with Gasteiger partial charge in [0.25, 0.3) is 0 Å². The number of dihydropyridines is 1. The number of nitriles is 2. The Morgan fingerprint density at radius 3 is 1.66 bits per heavy atom. The first-order chi connectivity index (χ1) is 21.7. The lowest BCUT2D eigenvalue weighted by molar-refractivity contribution is 0.948. The second-order valence-corrected chi connectivity index (χ2v) is 11.2. The number of allylic oxidation sites excluding steroid dienone is 2. The Morgan fingerprint density at radius 2 is 1.09 bits per heavy atom. The van der Waals surface area contributed by atoms with Crippen LogP contribution in [0, 0.1) is 22.7 Å². The van der Waals surface area contributed by atoms with E-state index in [-0.39, 0.29) is 0 Å². The van der Waals surface area contributed by atoms with E-state index in [0.717, 1.165) is 44.5 Å². The SMILES string of the molecule is N#CC1=CC(c2cccc(-c3cc4ccc5cc(-c6cccc(-c7cncc(C#N)c7)c6)cc6ccc(c3)c4c56)c2)=CNC1. The van der Waals surface area contributed by atoms with Gasteiger partial charge in [-0.1, -0.05) is 60.7 Å². The average molecular weight is 561 g/mol. The van der Waals surface area contributed by atoms with Gasteiger partial charge < -0.3 is 5.32 Å². The molecule has 204 valence electrons. The number of nitrogens with one attached hydrogen (secondary N) is 1. The second-order valence-electron chi connectivity index (χ2n) is 11.2. The van der Waals surface area contributed by atoms with Crippen LogP contribution in [0.4, 0.5) is 0 Å². The highest BCUT2D eigenvalue weighted by Crippen LogP contribution is 2.40. The fourth-order valence-corrected chi connectivity index (χ4v) is 6.38. The van der Waals surface area contributed by atoms with E-state index in [1.807, 2.05) is 18.3 Å². The number of benzene rings is 6. The molecule has 1 aliphatic rings. The number of hydrogen-bond donors (Lipinski definition) is 1. The molecular formula is C40H24N4. The normalized spacial score (nSPS) is 12.9. The van der Waals surface area contributed by atoms with Gasteiger partial charge in [0.2, 0.25) is 0 Å². The predicted molar refractivity (Wildman–Crippen MR) is 179 cm³/mol. The number of aromatic nitrogens is 1. The maximum Gasteiger partial charge on any atom is 0.101 e. The summed E-state index contributed by atoms with van der Waals surface area (Å²) in [4.78, 5) is 4.25. The van der Waals surface area contributed by atoms with E-state index in [1.165, 1.54) is 37.9 Å². The van der Waals surface area contributed by atoms with Crippen molar-refractivity contribution in [3.8, 4) is 45.5 Å². The van der Waals surface area contributed by atoms with Gasteiger partial charge in [0.1, 0.15) is 6.07 Å². The van der Waals surface area contributed by atoms with E-state index in [4.69, 9.17) is 0 Å². The van der Waals surface area contributed by atoms with E-state index in [0.29, 0.717) is 12.1 Å². The molecule has 0 fully saturated rings. The van der Waals surface area contributed by atoms with Crippen molar-refractivity contribution in [3.63, 3.8) is 0 Å². The summed E-state index contributed by atoms with van der Waals surface area (Å²) in [5.74, 6) is 0. The summed E-state index contributed by atoms with van der Waals surface area (Å²) in [6.45, 7) is 0.569. The molecule has 0 bridgehead atoms. The van der Waals surface area contributed by atoms with Gasteiger partial charge in [-0.3, -0.25) is 4.98 Å². The van der Waals surface area contributed by atoms with Crippen LogP contribution in [0.15, 0.2) is 133 Å². The zero-order chi connectivity index (χ0) is 29.6. The first-order valence-electron chi connectivity index (χ1n) is 14.5. The minimum atomic E-state index is 0.553. The van der Waals surface area contributed by atoms with Gasteiger partial charge >= 0.3 is 0 Å². The Balaban J connectivity index is 1.21. The molecule has 4 nitrogen and oxygen atoms in total. The standard InChI is InChI=1S/C40H24N4/c41-19-25-11-37(23-43-21-25)29-5-1-3-27(13-29)35-15-31-7-9-33-17-36(18-34-10-8-32(16-35)39(31)40(33)34)28-4-2-6-30(14-28)38-12-26(20-42)22-44-24-38/h1-18,21,23-24,44H,22H2. The van der Waals surface area contributed by atoms with Crippen LogP contribution >= 0.6 is 0 Å². The molecular weight excluding hydrogens is 536 g/mol. The highest BCUT2D eigenvalue weighted by molar-refractivity contribution is 6.24. The van der Waals surface area contributed by atoms with Gasteiger partial charge in [-0.15, -0.1) is 0 Å². The van der Waals surface area contributed by atoms with E-state index in [1.54, 1.807) is 12.4 Å². The van der Waals surface area contributed by atoms with Gasteiger partial charge in [-0.2, -0.15) is 10.5 Å². The maximum absolute atomic E-state index is 9.37. The van der Waals surface area contributed by atoms with Crippen molar-refractivity contribution in [1.82, 2.24) is 10.3 Å². The molecule has 0 atom stereocenters. The van der Waals surface area contributed by atoms with Crippen molar-refractivity contribution in [1.29, 1.82) is 10.5 Å². The van der Waals surface area contributed by atoms with Crippen LogP contribution in [0.1, 0.15) is 11.1 Å². The third-order valence-electron chi connectivity index (χ3n) is 8.48. The molecule has 0 saturated carbocycles. The summed E-state index contributed by atoms with van der Waals surface area (Å²) < 4.78 is 0. The fraction of sp³-hybridized carbons (Fsp3) is 0.0250. The first-order valence-corrected chi connectivity index (χ1v) is 14.5. The van der Waals surface area contributed by atoms with Gasteiger partial charge in [-0.25, -0.2) is 0 Å². The van der Waals surface area contributed by atoms with Crippen LogP contribution in [-0.2, 0) is 0 Å². The molecule has 0 aliphatic carbocycles. The molecule has 8 rings (SSSR count). The number of rotatable bonds is 4. The summed E-state index contributed by atoms with van der Waals surface area (Å²) >= 11 is 0. The van der Waals surface area contributed by atoms with Crippen LogP contribution in [-0.4, -0.2) is 11.5 Å². The Morgan fingerprint density at radius 1 is 0.545 bits per heavy atom. The zero-order valence-corrected chi connectivity index (χ0v) is 23.7. The van der Waals surface area contributed by atoms with Crippen molar-refractivity contribution in [2.45, 2.75) is 0 Å². The lowest BCUT2D eigenvalue weighted by atomic mass is 9.88. The first kappa shape index (κ1) is 25.5. The Bertz CT molecular complexity index is 2350. The van der Waals surface area contributed by atoms with Crippen LogP contribution in [0.2, 0.25) is 0 Å².